The Bertz CT molecular complexity index is 1110. The third-order valence-electron chi connectivity index (χ3n) is 11.3. The van der Waals surface area contributed by atoms with E-state index in [2.05, 4.69) is 18.9 Å². The Kier molecular flexibility index (Phi) is 7.82. The van der Waals surface area contributed by atoms with Gasteiger partial charge in [0.25, 0.3) is 0 Å². The van der Waals surface area contributed by atoms with E-state index >= 15 is 0 Å². The summed E-state index contributed by atoms with van der Waals surface area (Å²) in [6.45, 7) is 10.2. The first-order valence-electron chi connectivity index (χ1n) is 15.0. The van der Waals surface area contributed by atoms with Gasteiger partial charge in [-0.2, -0.15) is 5.10 Å². The molecule has 0 N–H and O–H groups in total. The molecular weight excluding hydrogens is 480 g/mol. The van der Waals surface area contributed by atoms with E-state index in [-0.39, 0.29) is 11.3 Å². The Morgan fingerprint density at radius 2 is 1.92 bits per heavy atom. The number of nitrogens with zero attached hydrogens (tertiary/aromatic N) is 2. The number of halogens is 1. The van der Waals surface area contributed by atoms with Crippen LogP contribution in [0, 0.1) is 46.3 Å². The number of hydrogen-bond donors (Lipinski definition) is 0. The summed E-state index contributed by atoms with van der Waals surface area (Å²) in [6.07, 6.45) is 13.4. The third kappa shape index (κ3) is 4.48. The zero-order chi connectivity index (χ0) is 26.4. The van der Waals surface area contributed by atoms with Crippen molar-refractivity contribution in [1.29, 1.82) is 0 Å². The maximum atomic E-state index is 13.8. The van der Waals surface area contributed by atoms with Gasteiger partial charge in [0.2, 0.25) is 0 Å². The van der Waals surface area contributed by atoms with Crippen molar-refractivity contribution < 1.29 is 9.53 Å². The third-order valence-corrected chi connectivity index (χ3v) is 11.6. The summed E-state index contributed by atoms with van der Waals surface area (Å²) in [7, 11) is 1.91. The van der Waals surface area contributed by atoms with Crippen LogP contribution in [0.25, 0.3) is 10.9 Å². The Balaban J connectivity index is 0.00000137. The predicted molar refractivity (Wildman–Crippen MR) is 152 cm³/mol. The highest BCUT2D eigenvalue weighted by atomic mass is 35.5. The molecule has 4 fully saturated rings. The van der Waals surface area contributed by atoms with Crippen molar-refractivity contribution in [1.82, 2.24) is 9.78 Å². The van der Waals surface area contributed by atoms with Gasteiger partial charge in [-0.25, -0.2) is 0 Å². The molecule has 1 aromatic carbocycles. The topological polar surface area (TPSA) is 44.1 Å². The number of carbonyl (C=O) groups is 1. The molecular formula is C32H47ClN2O2. The molecule has 4 aliphatic rings. The summed E-state index contributed by atoms with van der Waals surface area (Å²) in [6, 6.07) is 5.80. The lowest BCUT2D eigenvalue weighted by Gasteiger charge is -2.61. The normalized spacial score (nSPS) is 38.8. The van der Waals surface area contributed by atoms with Crippen LogP contribution in [0.2, 0.25) is 5.02 Å². The standard InChI is InChI=1S/C30H41ClN2O2.C2H6/c1-19-10-13-30(18-35-3)21(14-19)5-7-23-24-8-9-26(29(24,2)12-11-25(23)30)28(34)17-33-27-15-22(31)6-4-20(27)16-32-33;1-2/h4,6,15-16,19,21,23-26H,5,7-14,17-18H2,1-3H3;1-2H3/t19-,21?,23?,24?,25?,26?,29?,30?;/m0./s1. The van der Waals surface area contributed by atoms with Gasteiger partial charge >= 0.3 is 0 Å². The zero-order valence-electron chi connectivity index (χ0n) is 23.6. The van der Waals surface area contributed by atoms with Crippen LogP contribution in [0.5, 0.6) is 0 Å². The first-order valence-corrected chi connectivity index (χ1v) is 15.4. The van der Waals surface area contributed by atoms with Gasteiger partial charge in [-0.1, -0.05) is 45.7 Å². The van der Waals surface area contributed by atoms with Crippen LogP contribution in [-0.4, -0.2) is 29.3 Å². The summed E-state index contributed by atoms with van der Waals surface area (Å²) >= 11 is 6.24. The molecule has 4 saturated carbocycles. The number of Topliss-reactive ketones (excluding diaryl/α,β-unsaturated/α-hetero) is 1. The van der Waals surface area contributed by atoms with Gasteiger partial charge in [0.15, 0.2) is 5.78 Å². The van der Waals surface area contributed by atoms with Gasteiger partial charge in [0.1, 0.15) is 6.54 Å². The van der Waals surface area contributed by atoms with E-state index in [0.717, 1.165) is 47.6 Å². The van der Waals surface area contributed by atoms with E-state index in [9.17, 15) is 4.79 Å². The monoisotopic (exact) mass is 526 g/mol. The fraction of sp³-hybridized carbons (Fsp3) is 0.750. The molecule has 0 bridgehead atoms. The highest BCUT2D eigenvalue weighted by molar-refractivity contribution is 6.31. The minimum atomic E-state index is 0.127. The summed E-state index contributed by atoms with van der Waals surface area (Å²) in [5.41, 5.74) is 1.46. The van der Waals surface area contributed by atoms with Crippen LogP contribution in [0.3, 0.4) is 0 Å². The second-order valence-electron chi connectivity index (χ2n) is 12.8. The van der Waals surface area contributed by atoms with E-state index in [1.165, 1.54) is 51.4 Å². The summed E-state index contributed by atoms with van der Waals surface area (Å²) in [4.78, 5) is 13.8. The predicted octanol–water partition coefficient (Wildman–Crippen LogP) is 8.21. The van der Waals surface area contributed by atoms with E-state index in [4.69, 9.17) is 16.3 Å². The number of methoxy groups -OCH3 is 1. The lowest BCUT2D eigenvalue weighted by Crippen LogP contribution is -2.56. The van der Waals surface area contributed by atoms with Crippen LogP contribution in [0.4, 0.5) is 0 Å². The minimum absolute atomic E-state index is 0.127. The fourth-order valence-corrected chi connectivity index (χ4v) is 9.94. The van der Waals surface area contributed by atoms with Crippen molar-refractivity contribution in [3.8, 4) is 0 Å². The van der Waals surface area contributed by atoms with Gasteiger partial charge in [-0.15, -0.1) is 0 Å². The van der Waals surface area contributed by atoms with Crippen molar-refractivity contribution in [2.24, 2.45) is 46.3 Å². The number of carbonyl (C=O) groups excluding carboxylic acids is 1. The molecule has 6 rings (SSSR count). The summed E-state index contributed by atoms with van der Waals surface area (Å²) < 4.78 is 7.82. The maximum absolute atomic E-state index is 13.8. The lowest BCUT2D eigenvalue weighted by molar-refractivity contribution is -0.154. The molecule has 2 aromatic rings. The average molecular weight is 527 g/mol. The molecule has 8 atom stereocenters. The molecule has 4 nitrogen and oxygen atoms in total. The first-order chi connectivity index (χ1) is 17.9. The van der Waals surface area contributed by atoms with Crippen molar-refractivity contribution >= 4 is 28.3 Å². The average Bonchev–Trinajstić information content (AvgIpc) is 3.45. The van der Waals surface area contributed by atoms with E-state index in [1.807, 2.05) is 50.0 Å². The molecule has 0 spiro atoms. The van der Waals surface area contributed by atoms with Crippen LogP contribution in [-0.2, 0) is 16.1 Å². The molecule has 4 aliphatic carbocycles. The minimum Gasteiger partial charge on any atom is -0.384 e. The number of ether oxygens (including phenoxy) is 1. The molecule has 7 unspecified atom stereocenters. The largest absolute Gasteiger partial charge is 0.384 e. The smallest absolute Gasteiger partial charge is 0.157 e. The second kappa shape index (κ2) is 10.6. The molecule has 37 heavy (non-hydrogen) atoms. The number of benzene rings is 1. The van der Waals surface area contributed by atoms with Gasteiger partial charge in [0.05, 0.1) is 18.3 Å². The zero-order valence-corrected chi connectivity index (χ0v) is 24.4. The Hall–Kier alpha value is -1.39. The van der Waals surface area contributed by atoms with Gasteiger partial charge < -0.3 is 4.74 Å². The first kappa shape index (κ1) is 27.2. The van der Waals surface area contributed by atoms with Gasteiger partial charge in [-0.05, 0) is 110 Å². The lowest BCUT2D eigenvalue weighted by atomic mass is 9.44. The number of aromatic nitrogens is 2. The van der Waals surface area contributed by atoms with E-state index < -0.39 is 0 Å². The SMILES string of the molecule is CC.COCC12CC[C@H](C)CC1CCC1C3CCC(C(=O)Cn4ncc5ccc(Cl)cc54)C3(C)CCC12. The Labute approximate surface area is 228 Å². The molecule has 0 radical (unpaired) electrons. The molecule has 0 saturated heterocycles. The van der Waals surface area contributed by atoms with Crippen molar-refractivity contribution in [2.45, 2.75) is 92.0 Å². The molecule has 1 aromatic heterocycles. The molecule has 0 amide bonds. The molecule has 1 heterocycles. The van der Waals surface area contributed by atoms with E-state index in [1.54, 1.807) is 0 Å². The Morgan fingerprint density at radius 1 is 1.11 bits per heavy atom. The highest BCUT2D eigenvalue weighted by Gasteiger charge is 2.62. The number of rotatable bonds is 5. The van der Waals surface area contributed by atoms with Crippen LogP contribution in [0.15, 0.2) is 24.4 Å². The van der Waals surface area contributed by atoms with Crippen LogP contribution < -0.4 is 0 Å². The molecule has 0 aliphatic heterocycles. The van der Waals surface area contributed by atoms with Crippen molar-refractivity contribution in [3.05, 3.63) is 29.4 Å². The molecule has 204 valence electrons. The summed E-state index contributed by atoms with van der Waals surface area (Å²) in [5.74, 6) is 4.41. The Morgan fingerprint density at radius 3 is 2.70 bits per heavy atom. The fourth-order valence-electron chi connectivity index (χ4n) is 9.77. The van der Waals surface area contributed by atoms with Gasteiger partial charge in [-0.3, -0.25) is 9.48 Å². The van der Waals surface area contributed by atoms with E-state index in [0.29, 0.717) is 28.7 Å². The molecule has 5 heteroatoms. The van der Waals surface area contributed by atoms with Crippen LogP contribution in [0.1, 0.15) is 85.5 Å². The van der Waals surface area contributed by atoms with Crippen LogP contribution >= 0.6 is 11.6 Å². The van der Waals surface area contributed by atoms with Crippen molar-refractivity contribution in [2.75, 3.05) is 13.7 Å². The summed E-state index contributed by atoms with van der Waals surface area (Å²) in [5, 5.41) is 6.28. The number of ketones is 1. The quantitative estimate of drug-likeness (QED) is 0.394. The van der Waals surface area contributed by atoms with Crippen molar-refractivity contribution in [3.63, 3.8) is 0 Å². The second-order valence-corrected chi connectivity index (χ2v) is 13.3. The number of fused-ring (bicyclic) bond motifs is 6. The highest BCUT2D eigenvalue weighted by Crippen LogP contribution is 2.68. The maximum Gasteiger partial charge on any atom is 0.157 e. The van der Waals surface area contributed by atoms with Gasteiger partial charge in [0, 0.05) is 23.4 Å². The number of hydrogen-bond acceptors (Lipinski definition) is 3.